The molecule has 2 rings (SSSR count). The maximum Gasteiger partial charge on any atom is 0.433 e. The number of nitrogens with zero attached hydrogens (tertiary/aromatic N) is 2. The first-order valence-corrected chi connectivity index (χ1v) is 6.52. The third-order valence-corrected chi connectivity index (χ3v) is 3.08. The number of hydrogen-bond acceptors (Lipinski definition) is 5. The Morgan fingerprint density at radius 2 is 2.15 bits per heavy atom. The summed E-state index contributed by atoms with van der Waals surface area (Å²) in [5.74, 6) is -0.308. The van der Waals surface area contributed by atoms with Crippen molar-refractivity contribution in [3.8, 4) is 0 Å². The number of halogens is 3. The molecule has 1 atom stereocenters. The van der Waals surface area contributed by atoms with Crippen LogP contribution in [0.25, 0.3) is 0 Å². The van der Waals surface area contributed by atoms with Crippen molar-refractivity contribution in [3.05, 3.63) is 11.8 Å². The summed E-state index contributed by atoms with van der Waals surface area (Å²) in [6.45, 7) is 1.24. The van der Waals surface area contributed by atoms with Gasteiger partial charge in [0.05, 0.1) is 6.10 Å². The van der Waals surface area contributed by atoms with E-state index in [4.69, 9.17) is 10.5 Å². The van der Waals surface area contributed by atoms with Gasteiger partial charge in [-0.25, -0.2) is 4.98 Å². The molecule has 0 amide bonds. The van der Waals surface area contributed by atoms with Crippen LogP contribution in [0.2, 0.25) is 0 Å². The lowest BCUT2D eigenvalue weighted by Gasteiger charge is -2.22. The third-order valence-electron chi connectivity index (χ3n) is 3.08. The third kappa shape index (κ3) is 4.22. The molecule has 3 N–H and O–H groups in total. The minimum absolute atomic E-state index is 0.0839. The number of nitrogen functional groups attached to an aromatic ring is 1. The van der Waals surface area contributed by atoms with E-state index in [1.165, 1.54) is 0 Å². The van der Waals surface area contributed by atoms with Crippen molar-refractivity contribution in [1.29, 1.82) is 0 Å². The minimum Gasteiger partial charge on any atom is -0.378 e. The number of rotatable bonds is 4. The van der Waals surface area contributed by atoms with Gasteiger partial charge in [-0.1, -0.05) is 0 Å². The smallest absolute Gasteiger partial charge is 0.378 e. The Morgan fingerprint density at radius 1 is 1.35 bits per heavy atom. The topological polar surface area (TPSA) is 73.1 Å². The van der Waals surface area contributed by atoms with Crippen LogP contribution in [0.3, 0.4) is 0 Å². The fourth-order valence-corrected chi connectivity index (χ4v) is 2.10. The predicted octanol–water partition coefficient (Wildman–Crippen LogP) is 2.45. The van der Waals surface area contributed by atoms with Gasteiger partial charge in [-0.2, -0.15) is 18.2 Å². The Kier molecular flexibility index (Phi) is 4.64. The van der Waals surface area contributed by atoms with Crippen LogP contribution >= 0.6 is 0 Å². The normalized spacial score (nSPS) is 19.9. The standard InChI is InChI=1S/C12H17F3N4O/c13-12(14,15)9-7-10(19-11(16)18-9)17-5-4-8-3-1-2-6-20-8/h7-8H,1-6H2,(H3,16,17,18,19). The molecule has 0 radical (unpaired) electrons. The summed E-state index contributed by atoms with van der Waals surface area (Å²) in [6, 6.07) is 0.859. The van der Waals surface area contributed by atoms with Gasteiger partial charge >= 0.3 is 6.18 Å². The van der Waals surface area contributed by atoms with Crippen molar-refractivity contribution >= 4 is 11.8 Å². The van der Waals surface area contributed by atoms with Crippen molar-refractivity contribution in [2.45, 2.75) is 38.0 Å². The molecule has 1 fully saturated rings. The van der Waals surface area contributed by atoms with Gasteiger partial charge in [-0.15, -0.1) is 0 Å². The summed E-state index contributed by atoms with van der Waals surface area (Å²) < 4.78 is 43.2. The molecule has 1 aliphatic heterocycles. The first-order chi connectivity index (χ1) is 9.45. The monoisotopic (exact) mass is 290 g/mol. The molecule has 1 aromatic heterocycles. The highest BCUT2D eigenvalue weighted by Gasteiger charge is 2.33. The van der Waals surface area contributed by atoms with Crippen LogP contribution in [0.4, 0.5) is 24.9 Å². The number of ether oxygens (including phenoxy) is 1. The van der Waals surface area contributed by atoms with Gasteiger partial charge in [0.2, 0.25) is 5.95 Å². The Morgan fingerprint density at radius 3 is 2.80 bits per heavy atom. The van der Waals surface area contributed by atoms with Crippen LogP contribution in [0.1, 0.15) is 31.4 Å². The molecule has 0 spiro atoms. The molecule has 1 unspecified atom stereocenters. The number of hydrogen-bond donors (Lipinski definition) is 2. The quantitative estimate of drug-likeness (QED) is 0.891. The molecule has 0 saturated carbocycles. The Balaban J connectivity index is 1.90. The highest BCUT2D eigenvalue weighted by molar-refractivity contribution is 5.41. The number of anilines is 2. The van der Waals surface area contributed by atoms with Crippen molar-refractivity contribution in [1.82, 2.24) is 9.97 Å². The van der Waals surface area contributed by atoms with E-state index in [0.717, 1.165) is 38.4 Å². The van der Waals surface area contributed by atoms with Crippen LogP contribution in [0.15, 0.2) is 6.07 Å². The SMILES string of the molecule is Nc1nc(NCCC2CCCCO2)cc(C(F)(F)F)n1. The molecule has 1 aromatic rings. The second-order valence-electron chi connectivity index (χ2n) is 4.70. The summed E-state index contributed by atoms with van der Waals surface area (Å²) in [4.78, 5) is 6.92. The maximum atomic E-state index is 12.6. The van der Waals surface area contributed by atoms with Gasteiger partial charge in [0.25, 0.3) is 0 Å². The van der Waals surface area contributed by atoms with Crippen LogP contribution < -0.4 is 11.1 Å². The lowest BCUT2D eigenvalue weighted by atomic mass is 10.1. The van der Waals surface area contributed by atoms with Gasteiger partial charge in [-0.3, -0.25) is 0 Å². The summed E-state index contributed by atoms with van der Waals surface area (Å²) >= 11 is 0. The zero-order valence-electron chi connectivity index (χ0n) is 10.9. The number of nitrogens with two attached hydrogens (primary N) is 1. The van der Waals surface area contributed by atoms with Crippen molar-refractivity contribution in [2.75, 3.05) is 24.2 Å². The van der Waals surface area contributed by atoms with E-state index in [0.29, 0.717) is 6.54 Å². The minimum atomic E-state index is -4.53. The molecule has 2 heterocycles. The fourth-order valence-electron chi connectivity index (χ4n) is 2.10. The Bertz CT molecular complexity index is 447. The van der Waals surface area contributed by atoms with E-state index in [2.05, 4.69) is 15.3 Å². The molecular weight excluding hydrogens is 273 g/mol. The zero-order valence-corrected chi connectivity index (χ0v) is 10.9. The summed E-state index contributed by atoms with van der Waals surface area (Å²) in [5.41, 5.74) is 4.24. The van der Waals surface area contributed by atoms with Gasteiger partial charge in [0.15, 0.2) is 5.69 Å². The summed E-state index contributed by atoms with van der Waals surface area (Å²) in [7, 11) is 0. The van der Waals surface area contributed by atoms with E-state index in [1.807, 2.05) is 0 Å². The van der Waals surface area contributed by atoms with Crippen molar-refractivity contribution in [2.24, 2.45) is 0 Å². The molecule has 5 nitrogen and oxygen atoms in total. The second kappa shape index (κ2) is 6.25. The molecule has 20 heavy (non-hydrogen) atoms. The molecule has 112 valence electrons. The summed E-state index contributed by atoms with van der Waals surface area (Å²) in [6.07, 6.45) is -0.449. The second-order valence-corrected chi connectivity index (χ2v) is 4.70. The van der Waals surface area contributed by atoms with Crippen LogP contribution in [0, 0.1) is 0 Å². The molecule has 1 aliphatic rings. The van der Waals surface area contributed by atoms with Gasteiger partial charge < -0.3 is 15.8 Å². The Hall–Kier alpha value is -1.57. The van der Waals surface area contributed by atoms with Crippen LogP contribution in [0.5, 0.6) is 0 Å². The summed E-state index contributed by atoms with van der Waals surface area (Å²) in [5, 5.41) is 2.83. The van der Waals surface area contributed by atoms with Crippen molar-refractivity contribution < 1.29 is 17.9 Å². The van der Waals surface area contributed by atoms with E-state index < -0.39 is 17.8 Å². The lowest BCUT2D eigenvalue weighted by molar-refractivity contribution is -0.141. The van der Waals surface area contributed by atoms with Crippen LogP contribution in [-0.4, -0.2) is 29.2 Å². The molecule has 8 heteroatoms. The molecule has 0 bridgehead atoms. The van der Waals surface area contributed by atoms with E-state index in [9.17, 15) is 13.2 Å². The number of nitrogens with one attached hydrogen (secondary N) is 1. The highest BCUT2D eigenvalue weighted by Crippen LogP contribution is 2.29. The van der Waals surface area contributed by atoms with Gasteiger partial charge in [0.1, 0.15) is 5.82 Å². The van der Waals surface area contributed by atoms with E-state index in [1.54, 1.807) is 0 Å². The van der Waals surface area contributed by atoms with Crippen molar-refractivity contribution in [3.63, 3.8) is 0 Å². The first-order valence-electron chi connectivity index (χ1n) is 6.52. The van der Waals surface area contributed by atoms with E-state index in [-0.39, 0.29) is 11.9 Å². The Labute approximate surface area is 114 Å². The molecule has 0 aromatic carbocycles. The first kappa shape index (κ1) is 14.8. The molecule has 1 saturated heterocycles. The van der Waals surface area contributed by atoms with E-state index >= 15 is 0 Å². The predicted molar refractivity (Wildman–Crippen MR) is 68.1 cm³/mol. The zero-order chi connectivity index (χ0) is 14.6. The average Bonchev–Trinajstić information content (AvgIpc) is 2.38. The average molecular weight is 290 g/mol. The number of alkyl halides is 3. The molecular formula is C12H17F3N4O. The maximum absolute atomic E-state index is 12.6. The van der Waals surface area contributed by atoms with Gasteiger partial charge in [0, 0.05) is 19.2 Å². The fraction of sp³-hybridized carbons (Fsp3) is 0.667. The van der Waals surface area contributed by atoms with Gasteiger partial charge in [-0.05, 0) is 25.7 Å². The molecule has 0 aliphatic carbocycles. The van der Waals surface area contributed by atoms with Crippen LogP contribution in [-0.2, 0) is 10.9 Å². The largest absolute Gasteiger partial charge is 0.433 e. The lowest BCUT2D eigenvalue weighted by Crippen LogP contribution is -2.22. The number of aromatic nitrogens is 2. The highest BCUT2D eigenvalue weighted by atomic mass is 19.4.